The second-order valence-corrected chi connectivity index (χ2v) is 7.54. The first kappa shape index (κ1) is 25.2. The molecule has 0 aromatic rings. The van der Waals surface area contributed by atoms with Crippen LogP contribution in [0, 0.1) is 5.41 Å². The summed E-state index contributed by atoms with van der Waals surface area (Å²) in [5.74, 6) is -0.552. The molecule has 0 radical (unpaired) electrons. The first-order valence-corrected chi connectivity index (χ1v) is 10.4. The first-order chi connectivity index (χ1) is 13.7. The van der Waals surface area contributed by atoms with Crippen molar-refractivity contribution >= 4 is 5.91 Å². The normalized spacial score (nSPS) is 18.1. The topological polar surface area (TPSA) is 41.1 Å². The second kappa shape index (κ2) is 12.0. The molecule has 2 N–H and O–H groups in total. The summed E-state index contributed by atoms with van der Waals surface area (Å²) >= 11 is 0. The van der Waals surface area contributed by atoms with Gasteiger partial charge in [0.1, 0.15) is 6.54 Å². The molecule has 0 saturated heterocycles. The fraction of sp³-hybridized carbons (Fsp3) is 0.609. The summed E-state index contributed by atoms with van der Waals surface area (Å²) in [6, 6.07) is 0. The predicted molar refractivity (Wildman–Crippen MR) is 114 cm³/mol. The Labute approximate surface area is 173 Å². The Morgan fingerprint density at radius 1 is 1.28 bits per heavy atom. The highest BCUT2D eigenvalue weighted by Crippen LogP contribution is 2.46. The van der Waals surface area contributed by atoms with E-state index in [0.717, 1.165) is 48.9 Å². The zero-order valence-electron chi connectivity index (χ0n) is 17.9. The number of halogens is 3. The van der Waals surface area contributed by atoms with E-state index in [-0.39, 0.29) is 0 Å². The molecular weight excluding hydrogens is 377 g/mol. The molecule has 1 unspecified atom stereocenters. The minimum atomic E-state index is -4.44. The molecule has 1 aliphatic carbocycles. The lowest BCUT2D eigenvalue weighted by atomic mass is 9.66. The summed E-state index contributed by atoms with van der Waals surface area (Å²) in [4.78, 5) is 13.3. The van der Waals surface area contributed by atoms with Crippen molar-refractivity contribution in [3.8, 4) is 0 Å². The Morgan fingerprint density at radius 3 is 2.55 bits per heavy atom. The van der Waals surface area contributed by atoms with Gasteiger partial charge in [-0.05, 0) is 65.5 Å². The number of nitrogens with one attached hydrogen (secondary N) is 2. The Kier molecular flexibility index (Phi) is 10.4. The van der Waals surface area contributed by atoms with Crippen molar-refractivity contribution in [1.29, 1.82) is 0 Å². The highest BCUT2D eigenvalue weighted by molar-refractivity contribution is 5.89. The first-order valence-electron chi connectivity index (χ1n) is 10.4. The van der Waals surface area contributed by atoms with Gasteiger partial charge in [-0.25, -0.2) is 0 Å². The number of alkyl halides is 3. The van der Waals surface area contributed by atoms with Crippen LogP contribution < -0.4 is 10.6 Å². The molecule has 0 bridgehead atoms. The summed E-state index contributed by atoms with van der Waals surface area (Å²) in [7, 11) is 0. The fourth-order valence-corrected chi connectivity index (χ4v) is 3.90. The number of carbonyl (C=O) groups excluding carboxylic acids is 1. The monoisotopic (exact) mass is 412 g/mol. The van der Waals surface area contributed by atoms with Crippen LogP contribution >= 0.6 is 0 Å². The molecule has 164 valence electrons. The number of hydrogen-bond donors (Lipinski definition) is 2. The molecule has 0 spiro atoms. The Bertz CT molecular complexity index is 647. The summed E-state index contributed by atoms with van der Waals surface area (Å²) in [6.07, 6.45) is 7.66. The van der Waals surface area contributed by atoms with Crippen LogP contribution in [0.3, 0.4) is 0 Å². The number of hydrogen-bond acceptors (Lipinski definition) is 2. The molecule has 1 atom stereocenters. The predicted octanol–water partition coefficient (Wildman–Crippen LogP) is 5.62. The lowest BCUT2D eigenvalue weighted by molar-refractivity contribution is -0.142. The molecule has 6 heteroatoms. The van der Waals surface area contributed by atoms with E-state index in [2.05, 4.69) is 23.3 Å². The van der Waals surface area contributed by atoms with Crippen LogP contribution in [-0.2, 0) is 4.79 Å². The summed E-state index contributed by atoms with van der Waals surface area (Å²) in [5.41, 5.74) is 1.57. The highest BCUT2D eigenvalue weighted by atomic mass is 19.4. The van der Waals surface area contributed by atoms with Crippen LogP contribution in [0.1, 0.15) is 59.3 Å². The van der Waals surface area contributed by atoms with Gasteiger partial charge in [-0.15, -0.1) is 0 Å². The minimum Gasteiger partial charge on any atom is -0.346 e. The zero-order valence-corrected chi connectivity index (χ0v) is 17.9. The Morgan fingerprint density at radius 2 is 2.00 bits per heavy atom. The Hall–Kier alpha value is -1.82. The molecule has 0 aromatic carbocycles. The van der Waals surface area contributed by atoms with E-state index in [9.17, 15) is 18.0 Å². The van der Waals surface area contributed by atoms with Gasteiger partial charge >= 0.3 is 6.18 Å². The van der Waals surface area contributed by atoms with Crippen molar-refractivity contribution in [1.82, 2.24) is 10.6 Å². The minimum absolute atomic E-state index is 0.473. The second-order valence-electron chi connectivity index (χ2n) is 7.54. The summed E-state index contributed by atoms with van der Waals surface area (Å²) in [5, 5.41) is 5.44. The van der Waals surface area contributed by atoms with Crippen LogP contribution in [0.25, 0.3) is 0 Å². The van der Waals surface area contributed by atoms with E-state index in [1.165, 1.54) is 0 Å². The third-order valence-corrected chi connectivity index (χ3v) is 5.55. The molecular formula is C23H35F3N2O. The molecule has 1 amide bonds. The van der Waals surface area contributed by atoms with Crippen LogP contribution in [0.15, 0.2) is 47.6 Å². The van der Waals surface area contributed by atoms with Gasteiger partial charge in [-0.1, -0.05) is 54.5 Å². The molecule has 1 aliphatic rings. The van der Waals surface area contributed by atoms with Crippen LogP contribution in [0.5, 0.6) is 0 Å². The van der Waals surface area contributed by atoms with E-state index in [0.29, 0.717) is 19.4 Å². The van der Waals surface area contributed by atoms with Crippen LogP contribution in [-0.4, -0.2) is 31.7 Å². The van der Waals surface area contributed by atoms with Crippen molar-refractivity contribution in [2.75, 3.05) is 19.6 Å². The quantitative estimate of drug-likeness (QED) is 0.263. The average molecular weight is 413 g/mol. The van der Waals surface area contributed by atoms with Gasteiger partial charge in [0.2, 0.25) is 5.91 Å². The smallest absolute Gasteiger partial charge is 0.346 e. The summed E-state index contributed by atoms with van der Waals surface area (Å²) in [6.45, 7) is 9.66. The lowest BCUT2D eigenvalue weighted by Crippen LogP contribution is -2.47. The number of rotatable bonds is 11. The molecule has 3 nitrogen and oxygen atoms in total. The van der Waals surface area contributed by atoms with E-state index in [1.807, 2.05) is 26.8 Å². The van der Waals surface area contributed by atoms with Crippen molar-refractivity contribution in [2.24, 2.45) is 5.41 Å². The van der Waals surface area contributed by atoms with E-state index >= 15 is 0 Å². The maximum Gasteiger partial charge on any atom is 0.405 e. The van der Waals surface area contributed by atoms with E-state index in [1.54, 1.807) is 12.2 Å². The van der Waals surface area contributed by atoms with E-state index in [4.69, 9.17) is 0 Å². The maximum absolute atomic E-state index is 13.3. The summed E-state index contributed by atoms with van der Waals surface area (Å²) < 4.78 is 38.6. The molecule has 1 rings (SSSR count). The average Bonchev–Trinajstić information content (AvgIpc) is 2.70. The van der Waals surface area contributed by atoms with Gasteiger partial charge in [0.25, 0.3) is 0 Å². The highest BCUT2D eigenvalue weighted by Gasteiger charge is 2.44. The number of amides is 1. The number of carbonyl (C=O) groups is 1. The van der Waals surface area contributed by atoms with Gasteiger partial charge in [0.15, 0.2) is 0 Å². The van der Waals surface area contributed by atoms with Crippen molar-refractivity contribution in [2.45, 2.75) is 65.5 Å². The third-order valence-electron chi connectivity index (χ3n) is 5.55. The van der Waals surface area contributed by atoms with Gasteiger partial charge in [0.05, 0.1) is 5.41 Å². The van der Waals surface area contributed by atoms with Gasteiger partial charge in [0, 0.05) is 0 Å². The van der Waals surface area contributed by atoms with Gasteiger partial charge in [-0.3, -0.25) is 4.79 Å². The Balaban J connectivity index is 3.44. The third kappa shape index (κ3) is 7.50. The van der Waals surface area contributed by atoms with Gasteiger partial charge in [-0.2, -0.15) is 13.2 Å². The molecule has 0 saturated carbocycles. The molecule has 0 aromatic heterocycles. The standard InChI is InChI=1S/C23H35F3N2O/c1-5-7-12-18(3)19(4)22(15-11-16-27-6-2,20-13-9-8-10-14-20)21(29)28-17-23(24,25)26/h5,7,12-13,27H,1,6,8-11,14-17H2,2-4H3,(H,28,29)/b12-7-,19-18+. The largest absolute Gasteiger partial charge is 0.405 e. The van der Waals surface area contributed by atoms with Crippen molar-refractivity contribution < 1.29 is 18.0 Å². The van der Waals surface area contributed by atoms with Crippen molar-refractivity contribution in [3.63, 3.8) is 0 Å². The van der Waals surface area contributed by atoms with Gasteiger partial charge < -0.3 is 10.6 Å². The maximum atomic E-state index is 13.3. The molecule has 0 aliphatic heterocycles. The lowest BCUT2D eigenvalue weighted by Gasteiger charge is -2.39. The SMILES string of the molecule is C=C/C=C\C(C)=C(/C)C(CCCNCC)(C(=O)NCC(F)(F)F)C1=CCCCC1. The molecule has 0 heterocycles. The zero-order chi connectivity index (χ0) is 21.9. The molecule has 0 fully saturated rings. The van der Waals surface area contributed by atoms with Crippen LogP contribution in [0.4, 0.5) is 13.2 Å². The fourth-order valence-electron chi connectivity index (χ4n) is 3.90. The molecule has 29 heavy (non-hydrogen) atoms. The van der Waals surface area contributed by atoms with E-state index < -0.39 is 24.0 Å². The van der Waals surface area contributed by atoms with Crippen LogP contribution in [0.2, 0.25) is 0 Å². The van der Waals surface area contributed by atoms with Crippen molar-refractivity contribution in [3.05, 3.63) is 47.6 Å². The number of allylic oxidation sites excluding steroid dienone is 5.